The van der Waals surface area contributed by atoms with Gasteiger partial charge in [-0.3, -0.25) is 4.90 Å². The molecule has 1 heterocycles. The maximum absolute atomic E-state index is 12.0. The van der Waals surface area contributed by atoms with Gasteiger partial charge in [0, 0.05) is 0 Å². The van der Waals surface area contributed by atoms with Crippen molar-refractivity contribution in [3.8, 4) is 0 Å². The maximum atomic E-state index is 12.0. The van der Waals surface area contributed by atoms with Gasteiger partial charge in [0.15, 0.2) is 0 Å². The predicted octanol–water partition coefficient (Wildman–Crippen LogP) is 3.70. The number of nitrogens with zero attached hydrogens (tertiary/aromatic N) is 1. The van der Waals surface area contributed by atoms with Crippen molar-refractivity contribution < 1.29 is 13.2 Å². The van der Waals surface area contributed by atoms with Crippen molar-refractivity contribution in [2.45, 2.75) is 46.7 Å². The Morgan fingerprint density at radius 1 is 1.07 bits per heavy atom. The highest BCUT2D eigenvalue weighted by atomic mass is 19.4. The van der Waals surface area contributed by atoms with Crippen LogP contribution >= 0.6 is 0 Å². The second-order valence-electron chi connectivity index (χ2n) is 4.56. The number of hydrogen-bond acceptors (Lipinski definition) is 1. The second kappa shape index (κ2) is 5.73. The Labute approximate surface area is 90.6 Å². The Balaban J connectivity index is 0.000000921. The molecular formula is C11H22F3N. The molecule has 0 bridgehead atoms. The van der Waals surface area contributed by atoms with Gasteiger partial charge in [0.1, 0.15) is 0 Å². The quantitative estimate of drug-likeness (QED) is 0.657. The number of alkyl halides is 3. The van der Waals surface area contributed by atoms with Gasteiger partial charge >= 0.3 is 6.18 Å². The lowest BCUT2D eigenvalue weighted by Gasteiger charge is -2.37. The third-order valence-corrected chi connectivity index (χ3v) is 2.61. The minimum atomic E-state index is -4.04. The molecule has 1 saturated heterocycles. The molecule has 92 valence electrons. The van der Waals surface area contributed by atoms with E-state index in [4.69, 9.17) is 0 Å². The lowest BCUT2D eigenvalue weighted by atomic mass is 9.83. The summed E-state index contributed by atoms with van der Waals surface area (Å²) in [6.07, 6.45) is -2.31. The molecule has 1 nitrogen and oxygen atoms in total. The van der Waals surface area contributed by atoms with Gasteiger partial charge < -0.3 is 0 Å². The summed E-state index contributed by atoms with van der Waals surface area (Å²) >= 11 is 0. The number of rotatable bonds is 1. The van der Waals surface area contributed by atoms with E-state index < -0.39 is 12.7 Å². The Kier molecular flexibility index (Phi) is 5.63. The second-order valence-corrected chi connectivity index (χ2v) is 4.56. The summed E-state index contributed by atoms with van der Waals surface area (Å²) in [4.78, 5) is 1.49. The SMILES string of the molecule is CC.CC1(C)CCN(CC(F)(F)F)CC1. The van der Waals surface area contributed by atoms with Gasteiger partial charge in [-0.25, -0.2) is 0 Å². The first kappa shape index (κ1) is 14.8. The van der Waals surface area contributed by atoms with Crippen molar-refractivity contribution in [1.29, 1.82) is 0 Å². The molecule has 0 aromatic rings. The molecule has 0 aliphatic carbocycles. The number of halogens is 3. The van der Waals surface area contributed by atoms with E-state index in [1.807, 2.05) is 13.8 Å². The van der Waals surface area contributed by atoms with Gasteiger partial charge in [0.05, 0.1) is 6.54 Å². The fraction of sp³-hybridized carbons (Fsp3) is 1.00. The molecule has 4 heteroatoms. The summed E-state index contributed by atoms with van der Waals surface area (Å²) in [5, 5.41) is 0. The third-order valence-electron chi connectivity index (χ3n) is 2.61. The first-order valence-corrected chi connectivity index (χ1v) is 5.58. The average Bonchev–Trinajstić information content (AvgIpc) is 2.10. The number of likely N-dealkylation sites (tertiary alicyclic amines) is 1. The van der Waals surface area contributed by atoms with E-state index in [0.717, 1.165) is 12.8 Å². The fourth-order valence-corrected chi connectivity index (χ4v) is 1.57. The van der Waals surface area contributed by atoms with Crippen molar-refractivity contribution >= 4 is 0 Å². The van der Waals surface area contributed by atoms with Crippen molar-refractivity contribution in [3.63, 3.8) is 0 Å². The topological polar surface area (TPSA) is 3.24 Å². The Hall–Kier alpha value is -0.250. The first-order chi connectivity index (χ1) is 6.79. The van der Waals surface area contributed by atoms with Crippen molar-refractivity contribution in [2.24, 2.45) is 5.41 Å². The monoisotopic (exact) mass is 225 g/mol. The third kappa shape index (κ3) is 6.77. The highest BCUT2D eigenvalue weighted by Crippen LogP contribution is 2.30. The zero-order valence-corrected chi connectivity index (χ0v) is 10.1. The van der Waals surface area contributed by atoms with E-state index in [1.54, 1.807) is 0 Å². The molecule has 0 aromatic carbocycles. The predicted molar refractivity (Wildman–Crippen MR) is 56.9 cm³/mol. The van der Waals surface area contributed by atoms with Crippen LogP contribution in [0.3, 0.4) is 0 Å². The summed E-state index contributed by atoms with van der Waals surface area (Å²) in [6, 6.07) is 0. The van der Waals surface area contributed by atoms with Crippen LogP contribution in [0.2, 0.25) is 0 Å². The van der Waals surface area contributed by atoms with Crippen LogP contribution in [-0.2, 0) is 0 Å². The molecule has 0 aromatic heterocycles. The van der Waals surface area contributed by atoms with Crippen molar-refractivity contribution in [1.82, 2.24) is 4.90 Å². The molecule has 1 aliphatic heterocycles. The molecule has 15 heavy (non-hydrogen) atoms. The summed E-state index contributed by atoms with van der Waals surface area (Å²) in [5.74, 6) is 0. The van der Waals surface area contributed by atoms with Gasteiger partial charge in [-0.05, 0) is 31.3 Å². The average molecular weight is 225 g/mol. The molecule has 0 amide bonds. The highest BCUT2D eigenvalue weighted by molar-refractivity contribution is 4.79. The summed E-state index contributed by atoms with van der Waals surface area (Å²) in [6.45, 7) is 8.62. The lowest BCUT2D eigenvalue weighted by Crippen LogP contribution is -2.42. The largest absolute Gasteiger partial charge is 0.401 e. The zero-order chi connectivity index (χ0) is 12.1. The summed E-state index contributed by atoms with van der Waals surface area (Å²) in [7, 11) is 0. The van der Waals surface area contributed by atoms with E-state index in [2.05, 4.69) is 13.8 Å². The fourth-order valence-electron chi connectivity index (χ4n) is 1.57. The molecular weight excluding hydrogens is 203 g/mol. The molecule has 1 rings (SSSR count). The van der Waals surface area contributed by atoms with E-state index in [9.17, 15) is 13.2 Å². The van der Waals surface area contributed by atoms with Gasteiger partial charge in [0.25, 0.3) is 0 Å². The van der Waals surface area contributed by atoms with Gasteiger partial charge in [-0.2, -0.15) is 13.2 Å². The molecule has 0 N–H and O–H groups in total. The van der Waals surface area contributed by atoms with Crippen LogP contribution in [0.25, 0.3) is 0 Å². The number of piperidine rings is 1. The van der Waals surface area contributed by atoms with Gasteiger partial charge in [0.2, 0.25) is 0 Å². The Morgan fingerprint density at radius 3 is 1.80 bits per heavy atom. The van der Waals surface area contributed by atoms with Gasteiger partial charge in [-0.1, -0.05) is 27.7 Å². The standard InChI is InChI=1S/C9H16F3N.C2H6/c1-8(2)3-5-13(6-4-8)7-9(10,11)12;1-2/h3-7H2,1-2H3;1-2H3. The van der Waals surface area contributed by atoms with E-state index in [1.165, 1.54) is 4.90 Å². The van der Waals surface area contributed by atoms with E-state index in [0.29, 0.717) is 13.1 Å². The summed E-state index contributed by atoms with van der Waals surface area (Å²) < 4.78 is 36.0. The Bertz CT molecular complexity index is 165. The smallest absolute Gasteiger partial charge is 0.295 e. The summed E-state index contributed by atoms with van der Waals surface area (Å²) in [5.41, 5.74) is 0.224. The van der Waals surface area contributed by atoms with E-state index >= 15 is 0 Å². The maximum Gasteiger partial charge on any atom is 0.401 e. The van der Waals surface area contributed by atoms with Crippen LogP contribution in [0, 0.1) is 5.41 Å². The molecule has 0 spiro atoms. The van der Waals surface area contributed by atoms with Crippen LogP contribution < -0.4 is 0 Å². The van der Waals surface area contributed by atoms with Crippen LogP contribution in [0.4, 0.5) is 13.2 Å². The highest BCUT2D eigenvalue weighted by Gasteiger charge is 2.34. The molecule has 1 fully saturated rings. The van der Waals surface area contributed by atoms with Crippen LogP contribution in [0.15, 0.2) is 0 Å². The minimum Gasteiger partial charge on any atom is -0.295 e. The minimum absolute atomic E-state index is 0.224. The molecule has 0 radical (unpaired) electrons. The van der Waals surface area contributed by atoms with Crippen molar-refractivity contribution in [3.05, 3.63) is 0 Å². The molecule has 0 atom stereocenters. The van der Waals surface area contributed by atoms with Gasteiger partial charge in [-0.15, -0.1) is 0 Å². The van der Waals surface area contributed by atoms with Crippen LogP contribution in [-0.4, -0.2) is 30.7 Å². The van der Waals surface area contributed by atoms with Crippen LogP contribution in [0.1, 0.15) is 40.5 Å². The van der Waals surface area contributed by atoms with E-state index in [-0.39, 0.29) is 5.41 Å². The molecule has 0 saturated carbocycles. The van der Waals surface area contributed by atoms with Crippen molar-refractivity contribution in [2.75, 3.05) is 19.6 Å². The normalized spacial score (nSPS) is 21.8. The first-order valence-electron chi connectivity index (χ1n) is 5.58. The zero-order valence-electron chi connectivity index (χ0n) is 10.1. The molecule has 1 aliphatic rings. The number of hydrogen-bond donors (Lipinski definition) is 0. The molecule has 0 unspecified atom stereocenters. The Morgan fingerprint density at radius 2 is 1.47 bits per heavy atom. The van der Waals surface area contributed by atoms with Crippen LogP contribution in [0.5, 0.6) is 0 Å². The lowest BCUT2D eigenvalue weighted by molar-refractivity contribution is -0.150.